The van der Waals surface area contributed by atoms with E-state index in [0.717, 1.165) is 27.7 Å². The standard InChI is InChI=1S/C19H26N7O16P3S3/c20-18-23-14-9(15(30)24-18)21-5-26(14)17-10(28)12(41-44(34,35)47)7(40-17)4-38-45(36,48)42-13-6(3-37-43(32,33)46)39-16(11(13)29)25-2-1-8(27)22-19(25)31/h1-2,5-7,10-13,16-17,28-29H,3-4H2,(H,36,48)(H,22,27,31)(H2,32,33,46)(H2,34,35,47)(H3,20,23,24,30)/t6-,7-,10-,11-,12-,13-,16-,17-,45?/m1/s1. The van der Waals surface area contributed by atoms with E-state index in [9.17, 15) is 48.7 Å². The van der Waals surface area contributed by atoms with E-state index < -0.39 is 99.3 Å². The lowest BCUT2D eigenvalue weighted by Crippen LogP contribution is -2.39. The van der Waals surface area contributed by atoms with Crippen LogP contribution >= 0.6 is 32.5 Å². The molecule has 9 atom stereocenters. The Labute approximate surface area is 281 Å². The first-order valence-corrected chi connectivity index (χ1v) is 21.0. The Morgan fingerprint density at radius 2 is 1.52 bits per heavy atom. The molecule has 10 N–H and O–H groups in total. The summed E-state index contributed by atoms with van der Waals surface area (Å²) < 4.78 is 47.3. The molecule has 2 saturated heterocycles. The maximum Gasteiger partial charge on any atom is 0.386 e. The number of thiol groups is 1. The second-order valence-electron chi connectivity index (χ2n) is 10.1. The maximum atomic E-state index is 13.4. The van der Waals surface area contributed by atoms with Gasteiger partial charge in [-0.1, -0.05) is 12.2 Å². The molecule has 2 aliphatic rings. The summed E-state index contributed by atoms with van der Waals surface area (Å²) in [5, 5.41) is 22.1. The minimum atomic E-state index is -4.64. The Balaban J connectivity index is 1.37. The maximum absolute atomic E-state index is 13.4. The zero-order chi connectivity index (χ0) is 35.3. The van der Waals surface area contributed by atoms with E-state index >= 15 is 0 Å². The highest BCUT2D eigenvalue weighted by molar-refractivity contribution is 8.44. The van der Waals surface area contributed by atoms with Crippen molar-refractivity contribution < 1.29 is 61.9 Å². The van der Waals surface area contributed by atoms with Crippen LogP contribution in [0.1, 0.15) is 12.5 Å². The number of nitrogen functional groups attached to an aromatic ring is 1. The number of aromatic amines is 2. The molecule has 266 valence electrons. The van der Waals surface area contributed by atoms with Gasteiger partial charge < -0.3 is 49.5 Å². The fourth-order valence-corrected chi connectivity index (χ4v) is 7.76. The molecule has 5 heterocycles. The lowest BCUT2D eigenvalue weighted by Gasteiger charge is -2.26. The molecular weight excluding hydrogens is 771 g/mol. The highest BCUT2D eigenvalue weighted by atomic mass is 32.7. The number of aliphatic hydroxyl groups excluding tert-OH is 2. The number of imidazole rings is 1. The first-order chi connectivity index (χ1) is 22.2. The van der Waals surface area contributed by atoms with Crippen LogP contribution < -0.4 is 22.5 Å². The lowest BCUT2D eigenvalue weighted by atomic mass is 10.1. The molecule has 3 aromatic heterocycles. The minimum absolute atomic E-state index is 0.132. The van der Waals surface area contributed by atoms with Crippen LogP contribution in [-0.4, -0.2) is 109 Å². The van der Waals surface area contributed by atoms with Crippen molar-refractivity contribution in [3.63, 3.8) is 0 Å². The Bertz CT molecular complexity index is 2000. The van der Waals surface area contributed by atoms with Crippen LogP contribution in [0.25, 0.3) is 11.2 Å². The molecular formula is C19H26N7O16P3S3. The third-order valence-corrected chi connectivity index (χ3v) is 9.98. The van der Waals surface area contributed by atoms with Crippen LogP contribution in [0.4, 0.5) is 5.95 Å². The molecule has 29 heteroatoms. The van der Waals surface area contributed by atoms with Crippen molar-refractivity contribution in [2.75, 3.05) is 18.9 Å². The number of nitrogens with one attached hydrogen (secondary N) is 2. The zero-order valence-corrected chi connectivity index (χ0v) is 28.7. The van der Waals surface area contributed by atoms with Gasteiger partial charge in [0, 0.05) is 12.3 Å². The van der Waals surface area contributed by atoms with E-state index in [2.05, 4.69) is 50.8 Å². The number of fused-ring (bicyclic) bond motifs is 1. The summed E-state index contributed by atoms with van der Waals surface area (Å²) in [6, 6.07) is 0.945. The van der Waals surface area contributed by atoms with E-state index in [0.29, 0.717) is 0 Å². The van der Waals surface area contributed by atoms with Crippen LogP contribution in [0.3, 0.4) is 0 Å². The van der Waals surface area contributed by atoms with Gasteiger partial charge in [-0.05, 0) is 23.6 Å². The SMILES string of the molecule is Nc1nc2c(ncn2[C@@H]2O[C@H](COP(=O)(S)O[C@H]3[C@@H](O)[C@H](n4ccc(=O)[nH]c4=O)O[C@@H]3COP(O)(O)=S)[C@@H](OP(O)(O)=S)[C@H]2O)c(=O)[nH]1. The van der Waals surface area contributed by atoms with Gasteiger partial charge in [0.2, 0.25) is 5.95 Å². The van der Waals surface area contributed by atoms with Crippen molar-refractivity contribution in [3.05, 3.63) is 49.8 Å². The number of rotatable bonds is 12. The van der Waals surface area contributed by atoms with Gasteiger partial charge in [0.1, 0.15) is 36.6 Å². The number of anilines is 1. The van der Waals surface area contributed by atoms with Crippen LogP contribution in [0.15, 0.2) is 33.0 Å². The summed E-state index contributed by atoms with van der Waals surface area (Å²) in [6.45, 7) is -15.0. The fourth-order valence-electron chi connectivity index (χ4n) is 4.87. The van der Waals surface area contributed by atoms with Gasteiger partial charge >= 0.3 is 25.9 Å². The van der Waals surface area contributed by atoms with E-state index in [1.54, 1.807) is 0 Å². The second kappa shape index (κ2) is 14.1. The van der Waals surface area contributed by atoms with Crippen molar-refractivity contribution in [2.24, 2.45) is 0 Å². The molecule has 1 unspecified atom stereocenters. The third kappa shape index (κ3) is 8.57. The Kier molecular flexibility index (Phi) is 11.0. The van der Waals surface area contributed by atoms with E-state index in [1.165, 1.54) is 0 Å². The number of aliphatic hydroxyl groups is 2. The van der Waals surface area contributed by atoms with Gasteiger partial charge in [-0.25, -0.2) is 14.3 Å². The predicted octanol–water partition coefficient (Wildman–Crippen LogP) is -2.97. The fraction of sp³-hybridized carbons (Fsp3) is 0.526. The highest BCUT2D eigenvalue weighted by Gasteiger charge is 2.51. The first-order valence-electron chi connectivity index (χ1n) is 13.0. The van der Waals surface area contributed by atoms with E-state index in [1.807, 2.05) is 4.98 Å². The van der Waals surface area contributed by atoms with Gasteiger partial charge in [-0.2, -0.15) is 4.98 Å². The van der Waals surface area contributed by atoms with Gasteiger partial charge in [-0.3, -0.25) is 42.3 Å². The third-order valence-electron chi connectivity index (χ3n) is 6.79. The Morgan fingerprint density at radius 1 is 0.938 bits per heavy atom. The molecule has 3 aromatic rings. The molecule has 0 radical (unpaired) electrons. The summed E-state index contributed by atoms with van der Waals surface area (Å²) >= 11 is 12.9. The minimum Gasteiger partial charge on any atom is -0.386 e. The number of aromatic nitrogens is 6. The molecule has 2 aliphatic heterocycles. The number of hydrogen-bond acceptors (Lipinski definition) is 17. The first kappa shape index (κ1) is 37.5. The molecule has 2 fully saturated rings. The Hall–Kier alpha value is -1.77. The largest absolute Gasteiger partial charge is 0.386 e. The number of ether oxygens (including phenoxy) is 2. The van der Waals surface area contributed by atoms with Crippen molar-refractivity contribution in [1.29, 1.82) is 0 Å². The molecule has 0 bridgehead atoms. The lowest BCUT2D eigenvalue weighted by molar-refractivity contribution is -0.0537. The molecule has 48 heavy (non-hydrogen) atoms. The molecule has 0 saturated carbocycles. The summed E-state index contributed by atoms with van der Waals surface area (Å²) in [7, 11) is 0. The van der Waals surface area contributed by atoms with Crippen molar-refractivity contribution in [1.82, 2.24) is 29.1 Å². The molecule has 0 amide bonds. The average Bonchev–Trinajstić information content (AvgIpc) is 3.59. The summed E-state index contributed by atoms with van der Waals surface area (Å²) in [5.74, 6) is -0.295. The van der Waals surface area contributed by atoms with Crippen molar-refractivity contribution in [2.45, 2.75) is 49.1 Å². The summed E-state index contributed by atoms with van der Waals surface area (Å²) in [5.41, 5.74) is 2.83. The quantitative estimate of drug-likeness (QED) is 0.0646. The molecule has 0 spiro atoms. The van der Waals surface area contributed by atoms with Crippen LogP contribution in [0.2, 0.25) is 0 Å². The predicted molar refractivity (Wildman–Crippen MR) is 169 cm³/mol. The topological polar surface area (TPSA) is 338 Å². The van der Waals surface area contributed by atoms with Crippen molar-refractivity contribution >= 4 is 73.2 Å². The normalized spacial score (nSPS) is 29.4. The molecule has 23 nitrogen and oxygen atoms in total. The summed E-state index contributed by atoms with van der Waals surface area (Å²) in [6.07, 6.45) is -11.0. The van der Waals surface area contributed by atoms with E-state index in [-0.39, 0.29) is 17.1 Å². The zero-order valence-electron chi connectivity index (χ0n) is 23.5. The summed E-state index contributed by atoms with van der Waals surface area (Å²) in [4.78, 5) is 86.9. The Morgan fingerprint density at radius 3 is 2.10 bits per heavy atom. The molecule has 0 aliphatic carbocycles. The molecule has 0 aromatic carbocycles. The van der Waals surface area contributed by atoms with Gasteiger partial charge in [-0.15, -0.1) is 0 Å². The van der Waals surface area contributed by atoms with Gasteiger partial charge in [0.05, 0.1) is 19.5 Å². The van der Waals surface area contributed by atoms with E-state index in [4.69, 9.17) is 33.3 Å². The highest BCUT2D eigenvalue weighted by Crippen LogP contribution is 2.57. The van der Waals surface area contributed by atoms with Gasteiger partial charge in [0.15, 0.2) is 23.6 Å². The smallest absolute Gasteiger partial charge is 0.386 e. The number of nitrogens with two attached hydrogens (primary N) is 1. The van der Waals surface area contributed by atoms with Gasteiger partial charge in [0.25, 0.3) is 11.1 Å². The molecule has 5 rings (SSSR count). The van der Waals surface area contributed by atoms with Crippen molar-refractivity contribution in [3.8, 4) is 0 Å². The van der Waals surface area contributed by atoms with Crippen LogP contribution in [-0.2, 0) is 55.7 Å². The number of H-pyrrole nitrogens is 2. The second-order valence-corrected chi connectivity index (χ2v) is 18.2. The monoisotopic (exact) mass is 797 g/mol. The van der Waals surface area contributed by atoms with Crippen LogP contribution in [0.5, 0.6) is 0 Å². The van der Waals surface area contributed by atoms with Crippen LogP contribution in [0, 0.1) is 0 Å². The average molecular weight is 798 g/mol. The number of hydrogen-bond donors (Lipinski definition) is 10. The number of nitrogens with zero attached hydrogens (tertiary/aromatic N) is 4.